The van der Waals surface area contributed by atoms with Crippen LogP contribution < -0.4 is 0 Å². The molecule has 0 unspecified atom stereocenters. The van der Waals surface area contributed by atoms with Gasteiger partial charge in [0.1, 0.15) is 5.69 Å². The highest BCUT2D eigenvalue weighted by Crippen LogP contribution is 2.36. The second-order valence-corrected chi connectivity index (χ2v) is 4.45. The van der Waals surface area contributed by atoms with Crippen molar-refractivity contribution in [2.24, 2.45) is 7.05 Å². The Bertz CT molecular complexity index is 635. The zero-order chi connectivity index (χ0) is 12.8. The van der Waals surface area contributed by atoms with Crippen LogP contribution in [0.3, 0.4) is 0 Å². The first kappa shape index (κ1) is 12.0. The van der Waals surface area contributed by atoms with Crippen LogP contribution in [-0.4, -0.2) is 4.57 Å². The summed E-state index contributed by atoms with van der Waals surface area (Å²) in [6, 6.07) is 5.89. The lowest BCUT2D eigenvalue weighted by Crippen LogP contribution is -2.10. The van der Waals surface area contributed by atoms with Gasteiger partial charge in [-0.05, 0) is 34.1 Å². The van der Waals surface area contributed by atoms with E-state index in [2.05, 4.69) is 15.9 Å². The third-order valence-electron chi connectivity index (χ3n) is 2.50. The quantitative estimate of drug-likeness (QED) is 0.727. The van der Waals surface area contributed by atoms with Gasteiger partial charge in [0.05, 0.1) is 17.1 Å². The summed E-state index contributed by atoms with van der Waals surface area (Å²) in [5.74, 6) is 0. The van der Waals surface area contributed by atoms with Crippen molar-refractivity contribution in [3.8, 4) is 6.07 Å². The highest BCUT2D eigenvalue weighted by atomic mass is 79.9. The van der Waals surface area contributed by atoms with Crippen LogP contribution in [0.4, 0.5) is 13.2 Å². The Morgan fingerprint density at radius 3 is 2.47 bits per heavy atom. The summed E-state index contributed by atoms with van der Waals surface area (Å²) < 4.78 is 39.6. The molecular weight excluding hydrogens is 297 g/mol. The number of benzene rings is 1. The Kier molecular flexibility index (Phi) is 2.66. The molecule has 6 heteroatoms. The second kappa shape index (κ2) is 3.77. The predicted molar refractivity (Wildman–Crippen MR) is 60.3 cm³/mol. The SMILES string of the molecule is Cn1c(C(F)(F)F)cc2cc(C#N)cc(Br)c21. The maximum Gasteiger partial charge on any atom is 0.431 e. The molecule has 0 saturated carbocycles. The van der Waals surface area contributed by atoms with Crippen molar-refractivity contribution in [2.75, 3.05) is 0 Å². The molecule has 0 aliphatic heterocycles. The molecule has 2 aromatic rings. The van der Waals surface area contributed by atoms with Gasteiger partial charge in [0.2, 0.25) is 0 Å². The van der Waals surface area contributed by atoms with Crippen molar-refractivity contribution in [2.45, 2.75) is 6.18 Å². The first-order valence-electron chi connectivity index (χ1n) is 4.61. The average Bonchev–Trinajstić information content (AvgIpc) is 2.55. The van der Waals surface area contributed by atoms with E-state index in [-0.39, 0.29) is 0 Å². The van der Waals surface area contributed by atoms with E-state index >= 15 is 0 Å². The molecule has 0 aliphatic carbocycles. The van der Waals surface area contributed by atoms with Gasteiger partial charge in [-0.25, -0.2) is 0 Å². The highest BCUT2D eigenvalue weighted by Gasteiger charge is 2.34. The van der Waals surface area contributed by atoms with Gasteiger partial charge in [-0.3, -0.25) is 0 Å². The average molecular weight is 303 g/mol. The molecule has 0 aliphatic rings. The van der Waals surface area contributed by atoms with Crippen molar-refractivity contribution in [3.05, 3.63) is 33.9 Å². The zero-order valence-corrected chi connectivity index (χ0v) is 10.2. The number of nitrogens with zero attached hydrogens (tertiary/aromatic N) is 2. The van der Waals surface area contributed by atoms with Crippen molar-refractivity contribution < 1.29 is 13.2 Å². The summed E-state index contributed by atoms with van der Waals surface area (Å²) in [5.41, 5.74) is 0.0170. The number of aromatic nitrogens is 1. The number of rotatable bonds is 0. The number of nitriles is 1. The van der Waals surface area contributed by atoms with E-state index in [4.69, 9.17) is 5.26 Å². The fraction of sp³-hybridized carbons (Fsp3) is 0.182. The number of hydrogen-bond acceptors (Lipinski definition) is 1. The number of hydrogen-bond donors (Lipinski definition) is 0. The lowest BCUT2D eigenvalue weighted by atomic mass is 10.2. The van der Waals surface area contributed by atoms with Crippen LogP contribution in [0.1, 0.15) is 11.3 Å². The topological polar surface area (TPSA) is 28.7 Å². The molecule has 0 fully saturated rings. The molecular formula is C11H6BrF3N2. The Hall–Kier alpha value is -1.48. The van der Waals surface area contributed by atoms with Crippen molar-refractivity contribution in [3.63, 3.8) is 0 Å². The fourth-order valence-corrected chi connectivity index (χ4v) is 2.53. The highest BCUT2D eigenvalue weighted by molar-refractivity contribution is 9.10. The van der Waals surface area contributed by atoms with E-state index in [0.29, 0.717) is 20.9 Å². The normalized spacial score (nSPS) is 11.8. The monoisotopic (exact) mass is 302 g/mol. The largest absolute Gasteiger partial charge is 0.431 e. The molecule has 0 atom stereocenters. The smallest absolute Gasteiger partial charge is 0.339 e. The lowest BCUT2D eigenvalue weighted by molar-refractivity contribution is -0.142. The van der Waals surface area contributed by atoms with Crippen LogP contribution in [0.2, 0.25) is 0 Å². The van der Waals surface area contributed by atoms with Crippen LogP contribution >= 0.6 is 15.9 Å². The van der Waals surface area contributed by atoms with E-state index in [1.807, 2.05) is 6.07 Å². The summed E-state index contributed by atoms with van der Waals surface area (Å²) in [6.45, 7) is 0. The minimum atomic E-state index is -4.40. The molecule has 2 nitrogen and oxygen atoms in total. The number of halogens is 4. The second-order valence-electron chi connectivity index (χ2n) is 3.59. The fourth-order valence-electron chi connectivity index (χ4n) is 1.79. The van der Waals surface area contributed by atoms with Gasteiger partial charge in [0.25, 0.3) is 0 Å². The van der Waals surface area contributed by atoms with E-state index in [0.717, 1.165) is 10.6 Å². The van der Waals surface area contributed by atoms with Crippen molar-refractivity contribution in [1.82, 2.24) is 4.57 Å². The van der Waals surface area contributed by atoms with E-state index in [1.165, 1.54) is 19.2 Å². The van der Waals surface area contributed by atoms with Gasteiger partial charge in [-0.1, -0.05) is 0 Å². The van der Waals surface area contributed by atoms with Crippen LogP contribution in [-0.2, 0) is 13.2 Å². The first-order valence-corrected chi connectivity index (χ1v) is 5.40. The summed E-state index contributed by atoms with van der Waals surface area (Å²) >= 11 is 3.18. The Labute approximate surface area is 103 Å². The summed E-state index contributed by atoms with van der Waals surface area (Å²) in [6.07, 6.45) is -4.40. The molecule has 1 aromatic carbocycles. The van der Waals surface area contributed by atoms with Crippen LogP contribution in [0, 0.1) is 11.3 Å². The minimum absolute atomic E-state index is 0.323. The standard InChI is InChI=1S/C11H6BrF3N2/c1-17-9(11(13,14)15)4-7-2-6(5-16)3-8(12)10(7)17/h2-4H,1H3. The molecule has 17 heavy (non-hydrogen) atoms. The lowest BCUT2D eigenvalue weighted by Gasteiger charge is -2.08. The summed E-state index contributed by atoms with van der Waals surface area (Å²) in [4.78, 5) is 0. The number of fused-ring (bicyclic) bond motifs is 1. The van der Waals surface area contributed by atoms with E-state index in [1.54, 1.807) is 0 Å². The number of aryl methyl sites for hydroxylation is 1. The maximum absolute atomic E-state index is 12.7. The Morgan fingerprint density at radius 2 is 1.94 bits per heavy atom. The first-order chi connectivity index (χ1) is 7.84. The molecule has 0 N–H and O–H groups in total. The van der Waals surface area contributed by atoms with Gasteiger partial charge in [-0.2, -0.15) is 18.4 Å². The van der Waals surface area contributed by atoms with Gasteiger partial charge < -0.3 is 4.57 Å². The molecule has 0 saturated heterocycles. The Morgan fingerprint density at radius 1 is 1.29 bits per heavy atom. The van der Waals surface area contributed by atoms with E-state index < -0.39 is 11.9 Å². The third-order valence-corrected chi connectivity index (χ3v) is 3.11. The molecule has 0 bridgehead atoms. The predicted octanol–water partition coefficient (Wildman–Crippen LogP) is 3.83. The Balaban J connectivity index is 2.84. The maximum atomic E-state index is 12.7. The molecule has 2 rings (SSSR count). The minimum Gasteiger partial charge on any atom is -0.339 e. The zero-order valence-electron chi connectivity index (χ0n) is 8.64. The van der Waals surface area contributed by atoms with Crippen LogP contribution in [0.15, 0.2) is 22.7 Å². The summed E-state index contributed by atoms with van der Waals surface area (Å²) in [7, 11) is 1.35. The summed E-state index contributed by atoms with van der Waals surface area (Å²) in [5, 5.41) is 9.15. The molecule has 1 heterocycles. The van der Waals surface area contributed by atoms with Crippen molar-refractivity contribution >= 4 is 26.8 Å². The molecule has 0 spiro atoms. The molecule has 0 amide bonds. The van der Waals surface area contributed by atoms with Gasteiger partial charge in [0.15, 0.2) is 0 Å². The van der Waals surface area contributed by atoms with Gasteiger partial charge in [0, 0.05) is 16.9 Å². The van der Waals surface area contributed by atoms with Crippen molar-refractivity contribution in [1.29, 1.82) is 5.26 Å². The van der Waals surface area contributed by atoms with E-state index in [9.17, 15) is 13.2 Å². The molecule has 0 radical (unpaired) electrons. The van der Waals surface area contributed by atoms with Crippen LogP contribution in [0.5, 0.6) is 0 Å². The third kappa shape index (κ3) is 1.91. The molecule has 1 aromatic heterocycles. The number of alkyl halides is 3. The van der Waals surface area contributed by atoms with Gasteiger partial charge >= 0.3 is 6.18 Å². The van der Waals surface area contributed by atoms with Gasteiger partial charge in [-0.15, -0.1) is 0 Å². The van der Waals surface area contributed by atoms with Crippen LogP contribution in [0.25, 0.3) is 10.9 Å². The molecule has 88 valence electrons.